The van der Waals surface area contributed by atoms with Crippen LogP contribution in [-0.2, 0) is 0 Å². The molecule has 2 nitrogen and oxygen atoms in total. The van der Waals surface area contributed by atoms with E-state index in [1.165, 1.54) is 6.07 Å². The number of halogens is 4. The van der Waals surface area contributed by atoms with Crippen molar-refractivity contribution in [2.45, 2.75) is 6.18 Å². The number of carbonyl (C=O) groups excluding carboxylic acids is 1. The van der Waals surface area contributed by atoms with Crippen molar-refractivity contribution in [1.82, 2.24) is 0 Å². The van der Waals surface area contributed by atoms with E-state index < -0.39 is 30.2 Å². The number of ketones is 1. The largest absolute Gasteiger partial charge is 0.400 e. The summed E-state index contributed by atoms with van der Waals surface area (Å²) < 4.78 is 50.1. The Kier molecular flexibility index (Phi) is 2.36. The maximum atomic E-state index is 12.8. The average molecular weight is 233 g/mol. The Balaban J connectivity index is 2.42. The second-order valence-corrected chi connectivity index (χ2v) is 3.53. The molecule has 0 amide bonds. The van der Waals surface area contributed by atoms with Gasteiger partial charge in [0.15, 0.2) is 5.78 Å². The van der Waals surface area contributed by atoms with Gasteiger partial charge in [-0.1, -0.05) is 0 Å². The first-order valence-electron chi connectivity index (χ1n) is 4.54. The predicted molar refractivity (Wildman–Crippen MR) is 48.8 cm³/mol. The number of Topliss-reactive ketones (excluding diaryl/α,β-unsaturated/α-hetero) is 1. The van der Waals surface area contributed by atoms with Crippen LogP contribution in [0.15, 0.2) is 18.2 Å². The Bertz CT molecular complexity index is 441. The van der Waals surface area contributed by atoms with Gasteiger partial charge in [-0.3, -0.25) is 4.79 Å². The number of rotatable bonds is 0. The van der Waals surface area contributed by atoms with Crippen molar-refractivity contribution in [1.29, 1.82) is 0 Å². The summed E-state index contributed by atoms with van der Waals surface area (Å²) in [6.45, 7) is -0.499. The van der Waals surface area contributed by atoms with Crippen molar-refractivity contribution >= 4 is 11.5 Å². The Labute approximate surface area is 88.3 Å². The van der Waals surface area contributed by atoms with Gasteiger partial charge in [0.1, 0.15) is 11.7 Å². The number of alkyl halides is 3. The van der Waals surface area contributed by atoms with Gasteiger partial charge in [0.25, 0.3) is 0 Å². The van der Waals surface area contributed by atoms with Gasteiger partial charge in [-0.2, -0.15) is 13.2 Å². The van der Waals surface area contributed by atoms with Gasteiger partial charge < -0.3 is 5.32 Å². The van der Waals surface area contributed by atoms with Gasteiger partial charge in [-0.25, -0.2) is 4.39 Å². The van der Waals surface area contributed by atoms with Crippen molar-refractivity contribution in [2.75, 3.05) is 11.9 Å². The second kappa shape index (κ2) is 3.47. The third-order valence-electron chi connectivity index (χ3n) is 2.46. The highest BCUT2D eigenvalue weighted by Crippen LogP contribution is 2.34. The van der Waals surface area contributed by atoms with Gasteiger partial charge in [0, 0.05) is 17.8 Å². The van der Waals surface area contributed by atoms with Crippen LogP contribution in [0.25, 0.3) is 0 Å². The summed E-state index contributed by atoms with van der Waals surface area (Å²) in [6, 6.07) is 3.17. The minimum absolute atomic E-state index is 0.242. The summed E-state index contributed by atoms with van der Waals surface area (Å²) in [7, 11) is 0. The molecular formula is C10H7F4NO. The molecule has 6 heteroatoms. The van der Waals surface area contributed by atoms with E-state index in [-0.39, 0.29) is 11.3 Å². The zero-order valence-corrected chi connectivity index (χ0v) is 7.94. The van der Waals surface area contributed by atoms with E-state index >= 15 is 0 Å². The fourth-order valence-electron chi connectivity index (χ4n) is 1.63. The van der Waals surface area contributed by atoms with Crippen LogP contribution in [0.3, 0.4) is 0 Å². The summed E-state index contributed by atoms with van der Waals surface area (Å²) in [5.74, 6) is -3.90. The molecule has 86 valence electrons. The van der Waals surface area contributed by atoms with Crippen molar-refractivity contribution < 1.29 is 22.4 Å². The van der Waals surface area contributed by atoms with E-state index in [2.05, 4.69) is 5.32 Å². The molecule has 0 aliphatic carbocycles. The summed E-state index contributed by atoms with van der Waals surface area (Å²) >= 11 is 0. The van der Waals surface area contributed by atoms with Crippen LogP contribution < -0.4 is 5.32 Å². The molecular weight excluding hydrogens is 226 g/mol. The van der Waals surface area contributed by atoms with Gasteiger partial charge in [-0.15, -0.1) is 0 Å². The Morgan fingerprint density at radius 2 is 2.00 bits per heavy atom. The quantitative estimate of drug-likeness (QED) is 0.698. The van der Waals surface area contributed by atoms with E-state index in [1.807, 2.05) is 0 Å². The van der Waals surface area contributed by atoms with E-state index in [1.54, 1.807) is 0 Å². The molecule has 1 aliphatic heterocycles. The lowest BCUT2D eigenvalue weighted by Gasteiger charge is -2.26. The molecule has 1 N–H and O–H groups in total. The van der Waals surface area contributed by atoms with Crippen molar-refractivity contribution in [3.05, 3.63) is 29.6 Å². The fourth-order valence-corrected chi connectivity index (χ4v) is 1.63. The Hall–Kier alpha value is -1.59. The van der Waals surface area contributed by atoms with Crippen molar-refractivity contribution in [2.24, 2.45) is 5.92 Å². The molecule has 1 atom stereocenters. The molecule has 0 fully saturated rings. The Morgan fingerprint density at radius 1 is 1.31 bits per heavy atom. The minimum Gasteiger partial charge on any atom is -0.383 e. The monoisotopic (exact) mass is 233 g/mol. The lowest BCUT2D eigenvalue weighted by atomic mass is 9.92. The third-order valence-corrected chi connectivity index (χ3v) is 2.46. The number of fused-ring (bicyclic) bond motifs is 1. The molecule has 2 rings (SSSR count). The molecule has 1 aromatic rings. The molecule has 0 spiro atoms. The normalized spacial score (nSPS) is 20.2. The second-order valence-electron chi connectivity index (χ2n) is 3.53. The lowest BCUT2D eigenvalue weighted by molar-refractivity contribution is -0.157. The van der Waals surface area contributed by atoms with E-state index in [0.717, 1.165) is 12.1 Å². The molecule has 0 saturated heterocycles. The molecule has 1 aromatic carbocycles. The molecule has 0 saturated carbocycles. The molecule has 0 bridgehead atoms. The SMILES string of the molecule is O=C1c2cc(F)ccc2NCC1C(F)(F)F. The van der Waals surface area contributed by atoms with Gasteiger partial charge in [0.05, 0.1) is 0 Å². The van der Waals surface area contributed by atoms with E-state index in [9.17, 15) is 22.4 Å². The first-order valence-corrected chi connectivity index (χ1v) is 4.54. The molecule has 1 unspecified atom stereocenters. The van der Waals surface area contributed by atoms with Crippen molar-refractivity contribution in [3.8, 4) is 0 Å². The van der Waals surface area contributed by atoms with Crippen LogP contribution in [0.2, 0.25) is 0 Å². The number of anilines is 1. The van der Waals surface area contributed by atoms with Crippen LogP contribution in [0.1, 0.15) is 10.4 Å². The van der Waals surface area contributed by atoms with Crippen LogP contribution in [-0.4, -0.2) is 18.5 Å². The first-order chi connectivity index (χ1) is 7.39. The number of nitrogens with one attached hydrogen (secondary N) is 1. The average Bonchev–Trinajstić information content (AvgIpc) is 2.17. The Morgan fingerprint density at radius 3 is 2.62 bits per heavy atom. The maximum Gasteiger partial charge on any atom is 0.400 e. The number of benzene rings is 1. The van der Waals surface area contributed by atoms with Crippen LogP contribution in [0, 0.1) is 11.7 Å². The summed E-state index contributed by atoms with van der Waals surface area (Å²) in [5, 5.41) is 2.47. The third kappa shape index (κ3) is 1.75. The zero-order valence-electron chi connectivity index (χ0n) is 7.94. The first kappa shape index (κ1) is 10.9. The van der Waals surface area contributed by atoms with Crippen LogP contribution in [0.5, 0.6) is 0 Å². The van der Waals surface area contributed by atoms with Gasteiger partial charge >= 0.3 is 6.18 Å². The number of hydrogen-bond donors (Lipinski definition) is 1. The van der Waals surface area contributed by atoms with E-state index in [4.69, 9.17) is 0 Å². The summed E-state index contributed by atoms with van der Waals surface area (Å²) in [4.78, 5) is 11.5. The molecule has 16 heavy (non-hydrogen) atoms. The maximum absolute atomic E-state index is 12.8. The van der Waals surface area contributed by atoms with Crippen molar-refractivity contribution in [3.63, 3.8) is 0 Å². The summed E-state index contributed by atoms with van der Waals surface area (Å²) in [6.07, 6.45) is -4.60. The van der Waals surface area contributed by atoms with Gasteiger partial charge in [0.2, 0.25) is 0 Å². The van der Waals surface area contributed by atoms with Gasteiger partial charge in [-0.05, 0) is 18.2 Å². The van der Waals surface area contributed by atoms with E-state index in [0.29, 0.717) is 0 Å². The standard InChI is InChI=1S/C10H7F4NO/c11-5-1-2-8-6(3-5)9(16)7(4-15-8)10(12,13)14/h1-3,7,15H,4H2. The minimum atomic E-state index is -4.60. The highest BCUT2D eigenvalue weighted by atomic mass is 19.4. The molecule has 0 radical (unpaired) electrons. The van der Waals surface area contributed by atoms with Crippen LogP contribution >= 0.6 is 0 Å². The van der Waals surface area contributed by atoms with Crippen LogP contribution in [0.4, 0.5) is 23.2 Å². The zero-order chi connectivity index (χ0) is 11.9. The summed E-state index contributed by atoms with van der Waals surface area (Å²) in [5.41, 5.74) is 0.000440. The molecule has 0 aromatic heterocycles. The lowest BCUT2D eigenvalue weighted by Crippen LogP contribution is -2.40. The number of hydrogen-bond acceptors (Lipinski definition) is 2. The smallest absolute Gasteiger partial charge is 0.383 e. The molecule has 1 heterocycles. The number of carbonyl (C=O) groups is 1. The predicted octanol–water partition coefficient (Wildman–Crippen LogP) is 2.61. The topological polar surface area (TPSA) is 29.1 Å². The molecule has 1 aliphatic rings. The fraction of sp³-hybridized carbons (Fsp3) is 0.300. The highest BCUT2D eigenvalue weighted by molar-refractivity contribution is 6.05. The highest BCUT2D eigenvalue weighted by Gasteiger charge is 2.47.